The van der Waals surface area contributed by atoms with Crippen molar-refractivity contribution in [2.75, 3.05) is 0 Å². The van der Waals surface area contributed by atoms with E-state index in [0.717, 1.165) is 16.8 Å². The zero-order chi connectivity index (χ0) is 24.8. The molecule has 14 heteroatoms. The Morgan fingerprint density at radius 1 is 1.00 bits per heavy atom. The highest BCUT2D eigenvalue weighted by Crippen LogP contribution is 2.37. The summed E-state index contributed by atoms with van der Waals surface area (Å²) in [4.78, 5) is 12.3. The van der Waals surface area contributed by atoms with Crippen molar-refractivity contribution in [3.63, 3.8) is 0 Å². The second kappa shape index (κ2) is 8.18. The van der Waals surface area contributed by atoms with Gasteiger partial charge in [-0.25, -0.2) is 18.2 Å². The molecule has 5 N–H and O–H groups in total. The molecule has 34 heavy (non-hydrogen) atoms. The van der Waals surface area contributed by atoms with Crippen molar-refractivity contribution in [3.8, 4) is 11.4 Å². The number of phenolic OH excluding ortho intramolecular Hbond substituents is 1. The van der Waals surface area contributed by atoms with Crippen LogP contribution in [0.1, 0.15) is 5.69 Å². The van der Waals surface area contributed by atoms with Crippen LogP contribution in [0.15, 0.2) is 79.4 Å². The molecule has 0 radical (unpaired) electrons. The van der Waals surface area contributed by atoms with Crippen LogP contribution in [0.25, 0.3) is 16.5 Å². The summed E-state index contributed by atoms with van der Waals surface area (Å²) in [6, 6.07) is 11.8. The zero-order valence-electron chi connectivity index (χ0n) is 17.4. The first-order chi connectivity index (χ1) is 15.9. The number of hydrogen-bond donors (Lipinski definition) is 4. The van der Waals surface area contributed by atoms with Gasteiger partial charge in [-0.3, -0.25) is 14.4 Å². The summed E-state index contributed by atoms with van der Waals surface area (Å²) in [5, 5.41) is 26.2. The van der Waals surface area contributed by atoms with E-state index in [1.54, 1.807) is 6.92 Å². The minimum Gasteiger partial charge on any atom is -0.507 e. The average molecular weight is 504 g/mol. The van der Waals surface area contributed by atoms with Gasteiger partial charge in [0.1, 0.15) is 10.6 Å². The summed E-state index contributed by atoms with van der Waals surface area (Å²) < 4.78 is 57.2. The van der Waals surface area contributed by atoms with E-state index in [4.69, 9.17) is 5.14 Å². The molecule has 1 heterocycles. The van der Waals surface area contributed by atoms with Crippen molar-refractivity contribution in [2.24, 2.45) is 15.4 Å². The molecule has 0 saturated heterocycles. The van der Waals surface area contributed by atoms with Gasteiger partial charge in [0.2, 0.25) is 10.0 Å². The second-order valence-electron chi connectivity index (χ2n) is 7.23. The van der Waals surface area contributed by atoms with Gasteiger partial charge in [-0.1, -0.05) is 18.2 Å². The normalized spacial score (nSPS) is 12.6. The molecule has 12 nitrogen and oxygen atoms in total. The number of aromatic amines is 1. The van der Waals surface area contributed by atoms with Crippen molar-refractivity contribution < 1.29 is 26.5 Å². The lowest BCUT2D eigenvalue weighted by Gasteiger charge is -2.07. The van der Waals surface area contributed by atoms with Gasteiger partial charge in [-0.2, -0.15) is 8.42 Å². The van der Waals surface area contributed by atoms with Gasteiger partial charge in [0.15, 0.2) is 5.69 Å². The summed E-state index contributed by atoms with van der Waals surface area (Å²) in [5.41, 5.74) is -0.206. The van der Waals surface area contributed by atoms with E-state index in [1.807, 2.05) is 0 Å². The number of fused-ring (bicyclic) bond motifs is 1. The highest BCUT2D eigenvalue weighted by atomic mass is 32.2. The van der Waals surface area contributed by atoms with Gasteiger partial charge < -0.3 is 5.11 Å². The first-order valence-corrected chi connectivity index (χ1v) is 12.5. The number of azo groups is 1. The number of rotatable bonds is 5. The molecule has 3 aromatic carbocycles. The van der Waals surface area contributed by atoms with Crippen LogP contribution in [0.2, 0.25) is 0 Å². The maximum absolute atomic E-state index is 12.9. The van der Waals surface area contributed by atoms with Gasteiger partial charge in [0.05, 0.1) is 27.4 Å². The highest BCUT2D eigenvalue weighted by molar-refractivity contribution is 7.89. The Bertz CT molecular complexity index is 1750. The third-order valence-electron chi connectivity index (χ3n) is 4.94. The topological polar surface area (TPSA) is 197 Å². The molecule has 176 valence electrons. The monoisotopic (exact) mass is 503 g/mol. The second-order valence-corrected chi connectivity index (χ2v) is 10.2. The Balaban J connectivity index is 1.83. The standard InChI is InChI=1S/C20H17N5O7S2/c1-11-19(20(27)25(24-11)12-4-2-5-13(10-12)33(21,28)29)23-22-15-7-3-6-14-17(34(30,31)32)9-8-16(26)18(14)15/h2-10,24,26H,1H3,(H2,21,28,29)(H,30,31,32). The molecule has 0 atom stereocenters. The van der Waals surface area contributed by atoms with Gasteiger partial charge >= 0.3 is 0 Å². The van der Waals surface area contributed by atoms with E-state index in [1.165, 1.54) is 42.5 Å². The maximum Gasteiger partial charge on any atom is 0.299 e. The Hall–Kier alpha value is -3.85. The van der Waals surface area contributed by atoms with Crippen molar-refractivity contribution in [1.29, 1.82) is 0 Å². The third-order valence-corrected chi connectivity index (χ3v) is 6.76. The van der Waals surface area contributed by atoms with E-state index in [9.17, 15) is 31.3 Å². The molecule has 1 aromatic heterocycles. The van der Waals surface area contributed by atoms with Crippen LogP contribution in [-0.2, 0) is 20.1 Å². The van der Waals surface area contributed by atoms with Gasteiger partial charge in [0.25, 0.3) is 15.7 Å². The predicted molar refractivity (Wildman–Crippen MR) is 122 cm³/mol. The molecule has 0 spiro atoms. The first kappa shape index (κ1) is 23.3. The number of nitrogens with one attached hydrogen (secondary N) is 1. The van der Waals surface area contributed by atoms with Crippen LogP contribution in [0, 0.1) is 6.92 Å². The fraction of sp³-hybridized carbons (Fsp3) is 0.0500. The van der Waals surface area contributed by atoms with Crippen molar-refractivity contribution in [2.45, 2.75) is 16.7 Å². The Kier molecular flexibility index (Phi) is 5.61. The van der Waals surface area contributed by atoms with Crippen LogP contribution in [0.5, 0.6) is 5.75 Å². The van der Waals surface area contributed by atoms with E-state index in [2.05, 4.69) is 15.3 Å². The number of hydrogen-bond acceptors (Lipinski definition) is 8. The first-order valence-electron chi connectivity index (χ1n) is 9.47. The molecule has 0 aliphatic carbocycles. The summed E-state index contributed by atoms with van der Waals surface area (Å²) in [5.74, 6) is -0.306. The quantitative estimate of drug-likeness (QED) is 0.237. The van der Waals surface area contributed by atoms with Gasteiger partial charge in [0, 0.05) is 5.39 Å². The van der Waals surface area contributed by atoms with Crippen LogP contribution < -0.4 is 10.7 Å². The molecule has 0 bridgehead atoms. The minimum atomic E-state index is -4.58. The van der Waals surface area contributed by atoms with E-state index < -0.39 is 30.6 Å². The maximum atomic E-state index is 12.9. The number of sulfonamides is 1. The van der Waals surface area contributed by atoms with E-state index in [0.29, 0.717) is 5.69 Å². The third kappa shape index (κ3) is 4.22. The predicted octanol–water partition coefficient (Wildman–Crippen LogP) is 2.64. The van der Waals surface area contributed by atoms with E-state index >= 15 is 0 Å². The number of H-pyrrole nitrogens is 1. The summed E-state index contributed by atoms with van der Waals surface area (Å²) in [6.45, 7) is 1.55. The lowest BCUT2D eigenvalue weighted by Crippen LogP contribution is -2.16. The van der Waals surface area contributed by atoms with Crippen LogP contribution >= 0.6 is 0 Å². The van der Waals surface area contributed by atoms with Crippen LogP contribution in [0.4, 0.5) is 11.4 Å². The molecule has 4 aromatic rings. The Morgan fingerprint density at radius 3 is 2.38 bits per heavy atom. The Labute approximate surface area is 192 Å². The fourth-order valence-corrected chi connectivity index (χ4v) is 4.63. The van der Waals surface area contributed by atoms with Crippen molar-refractivity contribution in [3.05, 3.63) is 70.6 Å². The number of primary sulfonamides is 1. The molecule has 0 fully saturated rings. The lowest BCUT2D eigenvalue weighted by atomic mass is 10.1. The average Bonchev–Trinajstić information content (AvgIpc) is 3.04. The van der Waals surface area contributed by atoms with Crippen molar-refractivity contribution >= 4 is 42.3 Å². The SMILES string of the molecule is Cc1[nH]n(-c2cccc(S(N)(=O)=O)c2)c(=O)c1N=Nc1cccc2c(S(=O)(=O)O)ccc(O)c12. The molecule has 0 saturated carbocycles. The molecule has 0 amide bonds. The molecule has 0 aliphatic rings. The molecule has 0 unspecified atom stereocenters. The smallest absolute Gasteiger partial charge is 0.299 e. The Morgan fingerprint density at radius 2 is 1.71 bits per heavy atom. The minimum absolute atomic E-state index is 0.00995. The number of aryl methyl sites for hydroxylation is 1. The van der Waals surface area contributed by atoms with Crippen LogP contribution in [-0.4, -0.2) is 36.3 Å². The summed E-state index contributed by atoms with van der Waals surface area (Å²) in [7, 11) is -8.57. The highest BCUT2D eigenvalue weighted by Gasteiger charge is 2.19. The van der Waals surface area contributed by atoms with Crippen LogP contribution in [0.3, 0.4) is 0 Å². The summed E-state index contributed by atoms with van der Waals surface area (Å²) in [6.07, 6.45) is 0. The lowest BCUT2D eigenvalue weighted by molar-refractivity contribution is 0.479. The van der Waals surface area contributed by atoms with E-state index in [-0.39, 0.29) is 38.5 Å². The number of aromatic hydroxyl groups is 1. The fourth-order valence-electron chi connectivity index (χ4n) is 3.39. The number of phenols is 1. The number of nitrogens with two attached hydrogens (primary N) is 1. The largest absolute Gasteiger partial charge is 0.507 e. The number of aromatic nitrogens is 2. The molecular weight excluding hydrogens is 486 g/mol. The zero-order valence-corrected chi connectivity index (χ0v) is 19.0. The number of benzene rings is 3. The number of nitrogens with zero attached hydrogens (tertiary/aromatic N) is 3. The summed E-state index contributed by atoms with van der Waals surface area (Å²) >= 11 is 0. The molecule has 0 aliphatic heterocycles. The van der Waals surface area contributed by atoms with Crippen molar-refractivity contribution in [1.82, 2.24) is 9.78 Å². The molecule has 4 rings (SSSR count). The van der Waals surface area contributed by atoms with Gasteiger partial charge in [-0.05, 0) is 43.3 Å². The van der Waals surface area contributed by atoms with Gasteiger partial charge in [-0.15, -0.1) is 10.2 Å². The molecular formula is C20H17N5O7S2.